The average Bonchev–Trinajstić information content (AvgIpc) is 3.41. The molecule has 2 aromatic heterocycles. The van der Waals surface area contributed by atoms with Crippen LogP contribution in [0.5, 0.6) is 5.75 Å². The maximum atomic E-state index is 14.0. The molecule has 6 aromatic rings. The molecule has 2 N–H and O–H groups in total. The van der Waals surface area contributed by atoms with Gasteiger partial charge in [0.05, 0.1) is 34.1 Å². The number of pyridine rings is 1. The molecule has 0 aliphatic rings. The molecule has 7 nitrogen and oxygen atoms in total. The van der Waals surface area contributed by atoms with Crippen molar-refractivity contribution in [3.8, 4) is 17.0 Å². The summed E-state index contributed by atoms with van der Waals surface area (Å²) in [6, 6.07) is 25.3. The zero-order valence-corrected chi connectivity index (χ0v) is 23.6. The lowest BCUT2D eigenvalue weighted by atomic mass is 10.0. The summed E-state index contributed by atoms with van der Waals surface area (Å²) in [5, 5.41) is 6.63. The number of hydrogen-bond donors (Lipinski definition) is 2. The van der Waals surface area contributed by atoms with Crippen LogP contribution in [0, 0.1) is 11.6 Å². The molecule has 2 amide bonds. The van der Waals surface area contributed by atoms with Gasteiger partial charge in [-0.05, 0) is 48.0 Å². The zero-order chi connectivity index (χ0) is 29.9. The van der Waals surface area contributed by atoms with E-state index < -0.39 is 29.5 Å². The Hall–Kier alpha value is -5.22. The van der Waals surface area contributed by atoms with Gasteiger partial charge in [0.15, 0.2) is 5.13 Å². The molecule has 0 spiro atoms. The molecular formula is C33H24F2N4O3S. The second-order valence-corrected chi connectivity index (χ2v) is 10.8. The smallest absolute Gasteiger partial charge is 0.252 e. The molecular weight excluding hydrogens is 570 g/mol. The van der Waals surface area contributed by atoms with Crippen molar-refractivity contribution in [1.29, 1.82) is 0 Å². The summed E-state index contributed by atoms with van der Waals surface area (Å²) in [7, 11) is 1.58. The molecule has 214 valence electrons. The number of para-hydroxylation sites is 1. The Morgan fingerprint density at radius 3 is 2.37 bits per heavy atom. The van der Waals surface area contributed by atoms with E-state index in [0.717, 1.165) is 28.5 Å². The second kappa shape index (κ2) is 11.9. The molecule has 10 heteroatoms. The van der Waals surface area contributed by atoms with Gasteiger partial charge in [-0.25, -0.2) is 18.7 Å². The van der Waals surface area contributed by atoms with Gasteiger partial charge in [-0.15, -0.1) is 0 Å². The second-order valence-electron chi connectivity index (χ2n) is 9.79. The molecule has 1 atom stereocenters. The highest BCUT2D eigenvalue weighted by Crippen LogP contribution is 2.30. The Balaban J connectivity index is 1.34. The van der Waals surface area contributed by atoms with Crippen molar-refractivity contribution in [3.63, 3.8) is 0 Å². The summed E-state index contributed by atoms with van der Waals surface area (Å²) >= 11 is 1.29. The van der Waals surface area contributed by atoms with Gasteiger partial charge in [0.25, 0.3) is 5.91 Å². The molecule has 43 heavy (non-hydrogen) atoms. The maximum absolute atomic E-state index is 14.0. The van der Waals surface area contributed by atoms with E-state index in [2.05, 4.69) is 20.6 Å². The minimum absolute atomic E-state index is 0.184. The van der Waals surface area contributed by atoms with Crippen LogP contribution in [-0.4, -0.2) is 34.9 Å². The Morgan fingerprint density at radius 2 is 1.60 bits per heavy atom. The molecule has 0 bridgehead atoms. The minimum atomic E-state index is -0.974. The fraction of sp³-hybridized carbons (Fsp3) is 0.0909. The standard InChI is InChI=1S/C33H24F2N4O3S/c1-42-23-11-12-27-30(17-23)43-33(38-27)39-32(41)29(13-19-7-3-2-4-8-19)37-31(40)25-18-28(20-14-21(34)16-22(35)15-20)36-26-10-6-5-9-24(25)26/h2-12,14-18,29H,13H2,1H3,(H,37,40)(H,38,39,41). The van der Waals surface area contributed by atoms with Gasteiger partial charge in [-0.1, -0.05) is 59.9 Å². The predicted octanol–water partition coefficient (Wildman–Crippen LogP) is 6.78. The molecule has 2 heterocycles. The van der Waals surface area contributed by atoms with Crippen molar-refractivity contribution in [1.82, 2.24) is 15.3 Å². The van der Waals surface area contributed by atoms with Crippen molar-refractivity contribution in [2.24, 2.45) is 0 Å². The van der Waals surface area contributed by atoms with Crippen LogP contribution in [0.25, 0.3) is 32.4 Å². The highest BCUT2D eigenvalue weighted by Gasteiger charge is 2.25. The van der Waals surface area contributed by atoms with E-state index in [1.54, 1.807) is 43.5 Å². The number of nitrogens with zero attached hydrogens (tertiary/aromatic N) is 2. The van der Waals surface area contributed by atoms with Crippen LogP contribution in [0.1, 0.15) is 15.9 Å². The average molecular weight is 595 g/mol. The molecule has 0 aliphatic carbocycles. The minimum Gasteiger partial charge on any atom is -0.497 e. The zero-order valence-electron chi connectivity index (χ0n) is 22.8. The number of nitrogens with one attached hydrogen (secondary N) is 2. The number of benzene rings is 4. The van der Waals surface area contributed by atoms with Crippen molar-refractivity contribution in [3.05, 3.63) is 120 Å². The van der Waals surface area contributed by atoms with E-state index in [-0.39, 0.29) is 23.2 Å². The van der Waals surface area contributed by atoms with E-state index in [1.165, 1.54) is 17.4 Å². The summed E-state index contributed by atoms with van der Waals surface area (Å²) in [6.45, 7) is 0. The molecule has 0 aliphatic heterocycles. The van der Waals surface area contributed by atoms with Crippen molar-refractivity contribution in [2.45, 2.75) is 12.5 Å². The number of hydrogen-bond acceptors (Lipinski definition) is 6. The van der Waals surface area contributed by atoms with Crippen molar-refractivity contribution >= 4 is 49.4 Å². The summed E-state index contributed by atoms with van der Waals surface area (Å²) in [5.74, 6) is -1.84. The van der Waals surface area contributed by atoms with Crippen LogP contribution in [0.15, 0.2) is 97.1 Å². The lowest BCUT2D eigenvalue weighted by molar-refractivity contribution is -0.118. The first-order chi connectivity index (χ1) is 20.9. The van der Waals surface area contributed by atoms with Gasteiger partial charge >= 0.3 is 0 Å². The van der Waals surface area contributed by atoms with Gasteiger partial charge in [-0.3, -0.25) is 9.59 Å². The first-order valence-corrected chi connectivity index (χ1v) is 14.1. The Kier molecular flexibility index (Phi) is 7.76. The number of aromatic nitrogens is 2. The monoisotopic (exact) mass is 594 g/mol. The molecule has 0 saturated carbocycles. The number of rotatable bonds is 8. The molecule has 1 unspecified atom stereocenters. The van der Waals surface area contributed by atoms with E-state index in [4.69, 9.17) is 4.74 Å². The van der Waals surface area contributed by atoms with E-state index in [9.17, 15) is 18.4 Å². The molecule has 0 saturated heterocycles. The van der Waals surface area contributed by atoms with Crippen molar-refractivity contribution < 1.29 is 23.1 Å². The summed E-state index contributed by atoms with van der Waals surface area (Å²) in [6.07, 6.45) is 0.210. The molecule has 0 radical (unpaired) electrons. The van der Waals surface area contributed by atoms with E-state index in [1.807, 2.05) is 36.4 Å². The fourth-order valence-electron chi connectivity index (χ4n) is 4.79. The summed E-state index contributed by atoms with van der Waals surface area (Å²) < 4.78 is 34.2. The fourth-order valence-corrected chi connectivity index (χ4v) is 5.68. The van der Waals surface area contributed by atoms with E-state index >= 15 is 0 Å². The molecule has 0 fully saturated rings. The SMILES string of the molecule is COc1ccc2nc(NC(=O)C(Cc3ccccc3)NC(=O)c3cc(-c4cc(F)cc(F)c4)nc4ccccc34)sc2c1. The number of carbonyl (C=O) groups excluding carboxylic acids is 2. The number of halogens is 2. The lowest BCUT2D eigenvalue weighted by Crippen LogP contribution is -2.45. The third kappa shape index (κ3) is 6.19. The van der Waals surface area contributed by atoms with Crippen LogP contribution in [0.3, 0.4) is 0 Å². The number of ether oxygens (including phenoxy) is 1. The number of fused-ring (bicyclic) bond motifs is 2. The van der Waals surface area contributed by atoms with Gasteiger partial charge < -0.3 is 15.4 Å². The Morgan fingerprint density at radius 1 is 0.860 bits per heavy atom. The third-order valence-electron chi connectivity index (χ3n) is 6.85. The van der Waals surface area contributed by atoms with Gasteiger partial charge in [0, 0.05) is 23.4 Å². The number of thiazole rings is 1. The molecule has 4 aromatic carbocycles. The summed E-state index contributed by atoms with van der Waals surface area (Å²) in [4.78, 5) is 36.5. The maximum Gasteiger partial charge on any atom is 0.252 e. The highest BCUT2D eigenvalue weighted by atomic mass is 32.1. The van der Waals surface area contributed by atoms with Gasteiger partial charge in [-0.2, -0.15) is 0 Å². The summed E-state index contributed by atoms with van der Waals surface area (Å²) in [5.41, 5.74) is 2.62. The van der Waals surface area contributed by atoms with Crippen molar-refractivity contribution in [2.75, 3.05) is 12.4 Å². The highest BCUT2D eigenvalue weighted by molar-refractivity contribution is 7.22. The first kappa shape index (κ1) is 27.9. The van der Waals surface area contributed by atoms with Crippen LogP contribution < -0.4 is 15.4 Å². The van der Waals surface area contributed by atoms with Crippen LogP contribution in [-0.2, 0) is 11.2 Å². The lowest BCUT2D eigenvalue weighted by Gasteiger charge is -2.19. The largest absolute Gasteiger partial charge is 0.497 e. The Labute approximate surface area is 249 Å². The van der Waals surface area contributed by atoms with Crippen LogP contribution in [0.2, 0.25) is 0 Å². The topological polar surface area (TPSA) is 93.2 Å². The Bertz CT molecular complexity index is 1960. The predicted molar refractivity (Wildman–Crippen MR) is 163 cm³/mol. The normalized spacial score (nSPS) is 11.8. The molecule has 6 rings (SSSR count). The number of methoxy groups -OCH3 is 1. The number of anilines is 1. The first-order valence-electron chi connectivity index (χ1n) is 13.3. The number of carbonyl (C=O) groups is 2. The van der Waals surface area contributed by atoms with E-state index in [0.29, 0.717) is 27.3 Å². The quantitative estimate of drug-likeness (QED) is 0.203. The van der Waals surface area contributed by atoms with Gasteiger partial charge in [0.2, 0.25) is 5.91 Å². The van der Waals surface area contributed by atoms with Crippen LogP contribution in [0.4, 0.5) is 13.9 Å². The third-order valence-corrected chi connectivity index (χ3v) is 7.78. The van der Waals surface area contributed by atoms with Gasteiger partial charge in [0.1, 0.15) is 23.4 Å². The van der Waals surface area contributed by atoms with Crippen LogP contribution >= 0.6 is 11.3 Å². The number of amides is 2.